The van der Waals surface area contributed by atoms with E-state index in [2.05, 4.69) is 15.3 Å². The van der Waals surface area contributed by atoms with Crippen LogP contribution in [0.25, 0.3) is 22.4 Å². The third-order valence-electron chi connectivity index (χ3n) is 5.62. The van der Waals surface area contributed by atoms with Crippen LogP contribution in [0.2, 0.25) is 0 Å². The maximum atomic E-state index is 13.1. The van der Waals surface area contributed by atoms with Crippen LogP contribution >= 0.6 is 11.8 Å². The molecule has 0 atom stereocenters. The number of fused-ring (bicyclic) bond motifs is 1. The molecule has 0 radical (unpaired) electrons. The van der Waals surface area contributed by atoms with Gasteiger partial charge in [-0.2, -0.15) is 5.10 Å². The lowest BCUT2D eigenvalue weighted by Gasteiger charge is -2.09. The Morgan fingerprint density at radius 1 is 0.886 bits per heavy atom. The molecule has 2 aromatic carbocycles. The molecule has 0 fully saturated rings. The van der Waals surface area contributed by atoms with E-state index < -0.39 is 5.69 Å². The first kappa shape index (κ1) is 22.5. The number of thioether (sulfide) groups is 1. The fraction of sp³-hybridized carbons (Fsp3) is 0.167. The largest absolute Gasteiger partial charge is 0.409 e. The maximum absolute atomic E-state index is 13.1. The van der Waals surface area contributed by atoms with Gasteiger partial charge in [-0.3, -0.25) is 18.7 Å². The van der Waals surface area contributed by atoms with Gasteiger partial charge in [0.2, 0.25) is 0 Å². The standard InChI is InChI=1S/C24H20N6O4S/c1-28-16(12-19(31)29(2)24(28)33)14-35-23-26-25-21(34-23)20-17-10-6-7-11-18(17)22(32)30(27-20)13-15-8-4-3-5-9-15/h3-12H,13-14H2,1-2H3. The fourth-order valence-corrected chi connectivity index (χ4v) is 4.46. The predicted octanol–water partition coefficient (Wildman–Crippen LogP) is 2.18. The molecule has 5 rings (SSSR count). The zero-order chi connectivity index (χ0) is 24.5. The summed E-state index contributed by atoms with van der Waals surface area (Å²) in [5, 5.41) is 14.1. The van der Waals surface area contributed by atoms with Crippen molar-refractivity contribution < 1.29 is 4.42 Å². The highest BCUT2D eigenvalue weighted by molar-refractivity contribution is 7.98. The molecule has 0 aliphatic rings. The van der Waals surface area contributed by atoms with Crippen molar-refractivity contribution in [1.29, 1.82) is 0 Å². The van der Waals surface area contributed by atoms with Crippen LogP contribution in [-0.2, 0) is 26.4 Å². The van der Waals surface area contributed by atoms with E-state index in [-0.39, 0.29) is 28.0 Å². The lowest BCUT2D eigenvalue weighted by molar-refractivity contribution is 0.462. The molecular weight excluding hydrogens is 468 g/mol. The van der Waals surface area contributed by atoms with E-state index in [1.165, 1.54) is 34.1 Å². The highest BCUT2D eigenvalue weighted by Gasteiger charge is 2.18. The highest BCUT2D eigenvalue weighted by atomic mass is 32.2. The second kappa shape index (κ2) is 9.18. The zero-order valence-electron chi connectivity index (χ0n) is 18.9. The minimum Gasteiger partial charge on any atom is -0.409 e. The second-order valence-corrected chi connectivity index (χ2v) is 8.81. The van der Waals surface area contributed by atoms with Crippen molar-refractivity contribution in [1.82, 2.24) is 29.1 Å². The molecule has 0 saturated heterocycles. The van der Waals surface area contributed by atoms with Crippen molar-refractivity contribution in [2.24, 2.45) is 14.1 Å². The van der Waals surface area contributed by atoms with Crippen LogP contribution in [0.3, 0.4) is 0 Å². The lowest BCUT2D eigenvalue weighted by Crippen LogP contribution is -2.37. The Labute approximate surface area is 202 Å². The molecule has 11 heteroatoms. The van der Waals surface area contributed by atoms with Gasteiger partial charge in [0.15, 0.2) is 5.69 Å². The molecule has 0 aliphatic carbocycles. The van der Waals surface area contributed by atoms with Crippen LogP contribution in [0.5, 0.6) is 0 Å². The van der Waals surface area contributed by atoms with Crippen molar-refractivity contribution in [2.45, 2.75) is 17.5 Å². The SMILES string of the molecule is Cn1c(CSc2nnc(-c3nn(Cc4ccccc4)c(=O)c4ccccc34)o2)cc(=O)n(C)c1=O. The van der Waals surface area contributed by atoms with Gasteiger partial charge in [0.25, 0.3) is 22.2 Å². The molecule has 10 nitrogen and oxygen atoms in total. The topological polar surface area (TPSA) is 118 Å². The van der Waals surface area contributed by atoms with Crippen molar-refractivity contribution in [3.05, 3.63) is 103 Å². The summed E-state index contributed by atoms with van der Waals surface area (Å²) in [5.74, 6) is 0.453. The summed E-state index contributed by atoms with van der Waals surface area (Å²) in [4.78, 5) is 37.2. The molecule has 176 valence electrons. The van der Waals surface area contributed by atoms with Crippen molar-refractivity contribution in [3.63, 3.8) is 0 Å². The van der Waals surface area contributed by atoms with Gasteiger partial charge in [-0.25, -0.2) is 9.48 Å². The second-order valence-electron chi connectivity index (χ2n) is 7.88. The molecule has 35 heavy (non-hydrogen) atoms. The van der Waals surface area contributed by atoms with Crippen LogP contribution in [0, 0.1) is 0 Å². The molecule has 3 heterocycles. The number of aromatic nitrogens is 6. The van der Waals surface area contributed by atoms with Crippen LogP contribution < -0.4 is 16.8 Å². The van der Waals surface area contributed by atoms with Gasteiger partial charge >= 0.3 is 5.69 Å². The van der Waals surface area contributed by atoms with E-state index in [9.17, 15) is 14.4 Å². The Kier molecular flexibility index (Phi) is 5.91. The molecule has 0 unspecified atom stereocenters. The van der Waals surface area contributed by atoms with E-state index in [1.54, 1.807) is 25.2 Å². The van der Waals surface area contributed by atoms with Crippen LogP contribution in [0.1, 0.15) is 11.3 Å². The summed E-state index contributed by atoms with van der Waals surface area (Å²) in [5.41, 5.74) is 0.861. The minimum absolute atomic E-state index is 0.170. The first-order valence-corrected chi connectivity index (χ1v) is 11.7. The smallest absolute Gasteiger partial charge is 0.330 e. The monoisotopic (exact) mass is 488 g/mol. The normalized spacial score (nSPS) is 11.3. The van der Waals surface area contributed by atoms with Gasteiger partial charge in [0, 0.05) is 37.0 Å². The molecule has 0 N–H and O–H groups in total. The first-order chi connectivity index (χ1) is 16.9. The fourth-order valence-electron chi connectivity index (χ4n) is 3.67. The maximum Gasteiger partial charge on any atom is 0.330 e. The van der Waals surface area contributed by atoms with Crippen molar-refractivity contribution in [3.8, 4) is 11.6 Å². The summed E-state index contributed by atoms with van der Waals surface area (Å²) < 4.78 is 9.69. The van der Waals surface area contributed by atoms with Crippen LogP contribution in [-0.4, -0.2) is 29.1 Å². The van der Waals surface area contributed by atoms with Gasteiger partial charge in [-0.1, -0.05) is 60.3 Å². The van der Waals surface area contributed by atoms with Gasteiger partial charge in [0.1, 0.15) is 0 Å². The van der Waals surface area contributed by atoms with Gasteiger partial charge in [-0.05, 0) is 11.6 Å². The summed E-state index contributed by atoms with van der Waals surface area (Å²) in [6, 6.07) is 18.1. The van der Waals surface area contributed by atoms with Crippen LogP contribution in [0.4, 0.5) is 0 Å². The van der Waals surface area contributed by atoms with E-state index in [0.717, 1.165) is 10.1 Å². The summed E-state index contributed by atoms with van der Waals surface area (Å²) in [6.07, 6.45) is 0. The minimum atomic E-state index is -0.407. The molecule has 0 amide bonds. The Morgan fingerprint density at radius 2 is 1.60 bits per heavy atom. The number of rotatable bonds is 6. The number of hydrogen-bond acceptors (Lipinski definition) is 8. The average molecular weight is 489 g/mol. The predicted molar refractivity (Wildman–Crippen MR) is 131 cm³/mol. The van der Waals surface area contributed by atoms with E-state index in [1.807, 2.05) is 36.4 Å². The van der Waals surface area contributed by atoms with Gasteiger partial charge in [0.05, 0.1) is 11.9 Å². The molecule has 0 aliphatic heterocycles. The quantitative estimate of drug-likeness (QED) is 0.334. The summed E-state index contributed by atoms with van der Waals surface area (Å²) >= 11 is 1.20. The van der Waals surface area contributed by atoms with Gasteiger partial charge in [-0.15, -0.1) is 10.2 Å². The van der Waals surface area contributed by atoms with Crippen LogP contribution in [0.15, 0.2) is 84.7 Å². The first-order valence-electron chi connectivity index (χ1n) is 10.7. The summed E-state index contributed by atoms with van der Waals surface area (Å²) in [6.45, 7) is 0.296. The Bertz CT molecular complexity index is 1720. The van der Waals surface area contributed by atoms with Gasteiger partial charge < -0.3 is 4.42 Å². The van der Waals surface area contributed by atoms with E-state index in [4.69, 9.17) is 4.42 Å². The zero-order valence-corrected chi connectivity index (χ0v) is 19.7. The molecule has 0 bridgehead atoms. The van der Waals surface area contributed by atoms with Crippen molar-refractivity contribution in [2.75, 3.05) is 0 Å². The Hall–Kier alpha value is -4.25. The van der Waals surface area contributed by atoms with E-state index in [0.29, 0.717) is 28.7 Å². The lowest BCUT2D eigenvalue weighted by atomic mass is 10.1. The Morgan fingerprint density at radius 3 is 2.37 bits per heavy atom. The third kappa shape index (κ3) is 4.33. The molecule has 3 aromatic heterocycles. The molecule has 0 spiro atoms. The van der Waals surface area contributed by atoms with Crippen molar-refractivity contribution >= 4 is 22.5 Å². The number of nitrogens with zero attached hydrogens (tertiary/aromatic N) is 6. The third-order valence-corrected chi connectivity index (χ3v) is 6.47. The summed E-state index contributed by atoms with van der Waals surface area (Å²) in [7, 11) is 3.03. The molecular formula is C24H20N6O4S. The molecule has 0 saturated carbocycles. The van der Waals surface area contributed by atoms with E-state index >= 15 is 0 Å². The highest BCUT2D eigenvalue weighted by Crippen LogP contribution is 2.27. The Balaban J connectivity index is 1.49. The molecule has 5 aromatic rings. The average Bonchev–Trinajstić information content (AvgIpc) is 3.35. The number of hydrogen-bond donors (Lipinski definition) is 0. The number of benzene rings is 2.